The Labute approximate surface area is 214 Å². The number of sulfonamides is 1. The van der Waals surface area contributed by atoms with Gasteiger partial charge < -0.3 is 19.5 Å². The van der Waals surface area contributed by atoms with E-state index in [9.17, 15) is 18.0 Å². The van der Waals surface area contributed by atoms with Gasteiger partial charge in [-0.3, -0.25) is 9.10 Å². The number of carbonyl (C=O) groups excluding carboxylic acids is 2. The van der Waals surface area contributed by atoms with Gasteiger partial charge >= 0.3 is 5.97 Å². The minimum Gasteiger partial charge on any atom is -0.497 e. The molecule has 36 heavy (non-hydrogen) atoms. The first-order valence-electron chi connectivity index (χ1n) is 10.6. The third kappa shape index (κ3) is 5.89. The van der Waals surface area contributed by atoms with Crippen molar-refractivity contribution < 1.29 is 32.2 Å². The molecular weight excluding hydrogens is 508 g/mol. The quantitative estimate of drug-likeness (QED) is 0.409. The lowest BCUT2D eigenvalue weighted by molar-refractivity contribution is -0.114. The second-order valence-corrected chi connectivity index (χ2v) is 9.87. The van der Waals surface area contributed by atoms with Gasteiger partial charge in [-0.1, -0.05) is 29.3 Å². The summed E-state index contributed by atoms with van der Waals surface area (Å²) in [6, 6.07) is 15.0. The molecule has 3 aromatic carbocycles. The normalized spacial score (nSPS) is 10.9. The van der Waals surface area contributed by atoms with Crippen LogP contribution in [0.2, 0.25) is 5.02 Å². The summed E-state index contributed by atoms with van der Waals surface area (Å²) < 4.78 is 43.6. The number of amides is 1. The molecule has 9 nitrogen and oxygen atoms in total. The first-order chi connectivity index (χ1) is 17.1. The summed E-state index contributed by atoms with van der Waals surface area (Å²) in [6.07, 6.45) is 0. The first-order valence-corrected chi connectivity index (χ1v) is 12.4. The highest BCUT2D eigenvalue weighted by Crippen LogP contribution is 2.35. The second kappa shape index (κ2) is 11.3. The molecule has 0 aliphatic rings. The average molecular weight is 533 g/mol. The van der Waals surface area contributed by atoms with E-state index in [0.717, 1.165) is 9.87 Å². The summed E-state index contributed by atoms with van der Waals surface area (Å²) in [5, 5.41) is 2.73. The van der Waals surface area contributed by atoms with E-state index in [-0.39, 0.29) is 32.6 Å². The molecule has 0 bridgehead atoms. The topological polar surface area (TPSA) is 111 Å². The number of nitrogens with one attached hydrogen (secondary N) is 1. The van der Waals surface area contributed by atoms with Gasteiger partial charge in [-0.15, -0.1) is 0 Å². The predicted molar refractivity (Wildman–Crippen MR) is 137 cm³/mol. The number of methoxy groups -OCH3 is 3. The molecular formula is C25H25ClN2O7S. The van der Waals surface area contributed by atoms with Gasteiger partial charge in [0.2, 0.25) is 5.91 Å². The number of aryl methyl sites for hydroxylation is 1. The van der Waals surface area contributed by atoms with Crippen LogP contribution in [-0.2, 0) is 19.6 Å². The van der Waals surface area contributed by atoms with Crippen molar-refractivity contribution in [2.75, 3.05) is 37.5 Å². The lowest BCUT2D eigenvalue weighted by Gasteiger charge is -2.26. The molecule has 0 aliphatic carbocycles. The third-order valence-corrected chi connectivity index (χ3v) is 7.32. The lowest BCUT2D eigenvalue weighted by atomic mass is 10.2. The van der Waals surface area contributed by atoms with E-state index in [2.05, 4.69) is 5.32 Å². The van der Waals surface area contributed by atoms with E-state index in [1.54, 1.807) is 18.2 Å². The molecule has 0 atom stereocenters. The molecule has 0 spiro atoms. The predicted octanol–water partition coefficient (Wildman–Crippen LogP) is 4.29. The van der Waals surface area contributed by atoms with Gasteiger partial charge in [-0.05, 0) is 49.4 Å². The Morgan fingerprint density at radius 1 is 0.944 bits per heavy atom. The molecule has 0 saturated heterocycles. The van der Waals surface area contributed by atoms with Gasteiger partial charge in [-0.25, -0.2) is 13.2 Å². The number of halogens is 1. The number of rotatable bonds is 9. The van der Waals surface area contributed by atoms with Crippen molar-refractivity contribution in [2.24, 2.45) is 0 Å². The average Bonchev–Trinajstić information content (AvgIpc) is 2.87. The zero-order valence-electron chi connectivity index (χ0n) is 20.1. The van der Waals surface area contributed by atoms with Crippen LogP contribution >= 0.6 is 11.6 Å². The molecule has 3 aromatic rings. The van der Waals surface area contributed by atoms with E-state index in [4.69, 9.17) is 25.8 Å². The molecule has 3 rings (SSSR count). The monoisotopic (exact) mass is 532 g/mol. The number of hydrogen-bond acceptors (Lipinski definition) is 7. The largest absolute Gasteiger partial charge is 0.497 e. The van der Waals surface area contributed by atoms with Crippen LogP contribution in [0.15, 0.2) is 65.6 Å². The van der Waals surface area contributed by atoms with Gasteiger partial charge in [0.15, 0.2) is 0 Å². The fraction of sp³-hybridized carbons (Fsp3) is 0.200. The van der Waals surface area contributed by atoms with Gasteiger partial charge in [0.1, 0.15) is 18.0 Å². The van der Waals surface area contributed by atoms with E-state index in [1.165, 1.54) is 63.8 Å². The molecule has 0 radical (unpaired) electrons. The Balaban J connectivity index is 2.03. The lowest BCUT2D eigenvalue weighted by Crippen LogP contribution is -2.38. The van der Waals surface area contributed by atoms with Gasteiger partial charge in [0.25, 0.3) is 10.0 Å². The van der Waals surface area contributed by atoms with E-state index >= 15 is 0 Å². The smallest absolute Gasteiger partial charge is 0.337 e. The second-order valence-electron chi connectivity index (χ2n) is 7.60. The minimum atomic E-state index is -4.20. The zero-order chi connectivity index (χ0) is 26.5. The summed E-state index contributed by atoms with van der Waals surface area (Å²) in [5.74, 6) is -0.691. The molecule has 11 heteroatoms. The number of anilines is 2. The maximum atomic E-state index is 13.7. The van der Waals surface area contributed by atoms with Crippen LogP contribution in [0.5, 0.6) is 11.5 Å². The fourth-order valence-corrected chi connectivity index (χ4v) is 4.91. The summed E-state index contributed by atoms with van der Waals surface area (Å²) in [4.78, 5) is 25.0. The van der Waals surface area contributed by atoms with Crippen LogP contribution in [0, 0.1) is 6.92 Å². The molecule has 0 fully saturated rings. The molecule has 0 heterocycles. The molecule has 0 unspecified atom stereocenters. The Kier molecular flexibility index (Phi) is 8.44. The van der Waals surface area contributed by atoms with Crippen molar-refractivity contribution in [1.82, 2.24) is 0 Å². The van der Waals surface area contributed by atoms with Crippen molar-refractivity contribution in [3.63, 3.8) is 0 Å². The number of hydrogen-bond donors (Lipinski definition) is 1. The summed E-state index contributed by atoms with van der Waals surface area (Å²) >= 11 is 6.19. The van der Waals surface area contributed by atoms with E-state index in [0.29, 0.717) is 5.75 Å². The van der Waals surface area contributed by atoms with Gasteiger partial charge in [0, 0.05) is 6.07 Å². The highest BCUT2D eigenvalue weighted by atomic mass is 35.5. The molecule has 0 aliphatic heterocycles. The number of ether oxygens (including phenoxy) is 3. The van der Waals surface area contributed by atoms with Crippen LogP contribution in [0.1, 0.15) is 15.9 Å². The highest BCUT2D eigenvalue weighted by Gasteiger charge is 2.30. The van der Waals surface area contributed by atoms with Crippen LogP contribution in [-0.4, -0.2) is 48.2 Å². The first kappa shape index (κ1) is 26.8. The number of nitrogens with zero attached hydrogens (tertiary/aromatic N) is 1. The van der Waals surface area contributed by atoms with E-state index < -0.39 is 28.4 Å². The Hall–Kier alpha value is -3.76. The Morgan fingerprint density at radius 2 is 1.64 bits per heavy atom. The molecule has 0 aromatic heterocycles. The highest BCUT2D eigenvalue weighted by molar-refractivity contribution is 7.92. The fourth-order valence-electron chi connectivity index (χ4n) is 3.31. The van der Waals surface area contributed by atoms with Gasteiger partial charge in [-0.2, -0.15) is 0 Å². The van der Waals surface area contributed by atoms with Crippen molar-refractivity contribution in [2.45, 2.75) is 11.8 Å². The van der Waals surface area contributed by atoms with Crippen molar-refractivity contribution in [1.29, 1.82) is 0 Å². The molecule has 1 N–H and O–H groups in total. The van der Waals surface area contributed by atoms with Crippen LogP contribution in [0.4, 0.5) is 11.4 Å². The Bertz CT molecular complexity index is 1380. The van der Waals surface area contributed by atoms with Gasteiger partial charge in [0.05, 0.1) is 48.2 Å². The number of esters is 1. The van der Waals surface area contributed by atoms with Crippen LogP contribution in [0.3, 0.4) is 0 Å². The summed E-state index contributed by atoms with van der Waals surface area (Å²) in [5.41, 5.74) is 1.29. The molecule has 0 saturated carbocycles. The minimum absolute atomic E-state index is 0.00973. The standard InChI is InChI=1S/C25H25ClN2O7S/c1-16-5-9-19(10-6-16)36(31,32)28(22-12-8-18(33-2)14-23(22)34-3)15-24(29)27-21-13-17(25(30)35-4)7-11-20(21)26/h5-14H,15H2,1-4H3,(H,27,29). The van der Waals surface area contributed by atoms with E-state index in [1.807, 2.05) is 6.92 Å². The van der Waals surface area contributed by atoms with Crippen LogP contribution in [0.25, 0.3) is 0 Å². The van der Waals surface area contributed by atoms with Crippen molar-refractivity contribution in [3.05, 3.63) is 76.8 Å². The molecule has 1 amide bonds. The maximum Gasteiger partial charge on any atom is 0.337 e. The van der Waals surface area contributed by atoms with Crippen molar-refractivity contribution in [3.8, 4) is 11.5 Å². The SMILES string of the molecule is COC(=O)c1ccc(Cl)c(NC(=O)CN(c2ccc(OC)cc2OC)S(=O)(=O)c2ccc(C)cc2)c1. The number of benzene rings is 3. The maximum absolute atomic E-state index is 13.7. The van der Waals surface area contributed by atoms with Crippen LogP contribution < -0.4 is 19.1 Å². The molecule has 190 valence electrons. The third-order valence-electron chi connectivity index (χ3n) is 5.21. The van der Waals surface area contributed by atoms with Crippen molar-refractivity contribution >= 4 is 44.9 Å². The zero-order valence-corrected chi connectivity index (χ0v) is 21.6. The Morgan fingerprint density at radius 3 is 2.25 bits per heavy atom. The summed E-state index contributed by atoms with van der Waals surface area (Å²) in [6.45, 7) is 1.22. The number of carbonyl (C=O) groups is 2. The summed E-state index contributed by atoms with van der Waals surface area (Å²) in [7, 11) is -0.125.